The molecule has 7 heteroatoms. The molecule has 7 nitrogen and oxygen atoms in total. The zero-order valence-electron chi connectivity index (χ0n) is 15.9. The van der Waals surface area contributed by atoms with Crippen LogP contribution in [0, 0.1) is 11.8 Å². The summed E-state index contributed by atoms with van der Waals surface area (Å²) < 4.78 is 5.12. The Morgan fingerprint density at radius 3 is 2.56 bits per heavy atom. The van der Waals surface area contributed by atoms with Crippen molar-refractivity contribution < 1.29 is 19.1 Å². The molecule has 1 aromatic rings. The average Bonchev–Trinajstić information content (AvgIpc) is 2.63. The van der Waals surface area contributed by atoms with Crippen molar-refractivity contribution in [3.05, 3.63) is 35.9 Å². The fraction of sp³-hybridized carbons (Fsp3) is 0.550. The summed E-state index contributed by atoms with van der Waals surface area (Å²) in [5, 5.41) is 5.33. The lowest BCUT2D eigenvalue weighted by atomic mass is 9.78. The number of amides is 3. The van der Waals surface area contributed by atoms with Crippen molar-refractivity contribution in [2.45, 2.75) is 51.6 Å². The third-order valence-electron chi connectivity index (χ3n) is 5.28. The Bertz CT molecular complexity index is 650. The van der Waals surface area contributed by atoms with E-state index in [-0.39, 0.29) is 25.0 Å². The lowest BCUT2D eigenvalue weighted by molar-refractivity contribution is -0.150. The van der Waals surface area contributed by atoms with Gasteiger partial charge in [-0.15, -0.1) is 0 Å². The summed E-state index contributed by atoms with van der Waals surface area (Å²) in [5.41, 5.74) is 6.01. The van der Waals surface area contributed by atoms with Gasteiger partial charge in [0.15, 0.2) is 6.61 Å². The van der Waals surface area contributed by atoms with E-state index in [1.54, 1.807) is 0 Å². The van der Waals surface area contributed by atoms with Gasteiger partial charge in [0, 0.05) is 12.5 Å². The molecule has 1 aliphatic rings. The van der Waals surface area contributed by atoms with Gasteiger partial charge in [-0.25, -0.2) is 9.59 Å². The molecule has 1 fully saturated rings. The predicted molar refractivity (Wildman–Crippen MR) is 102 cm³/mol. The number of nitrogens with two attached hydrogens (primary N) is 1. The molecule has 3 amide bonds. The minimum atomic E-state index is -0.939. The minimum Gasteiger partial charge on any atom is -0.454 e. The largest absolute Gasteiger partial charge is 0.454 e. The van der Waals surface area contributed by atoms with Gasteiger partial charge in [-0.3, -0.25) is 4.79 Å². The number of ether oxygens (including phenoxy) is 1. The summed E-state index contributed by atoms with van der Waals surface area (Å²) in [6, 6.07) is 7.54. The van der Waals surface area contributed by atoms with E-state index < -0.39 is 18.0 Å². The number of primary amides is 1. The summed E-state index contributed by atoms with van der Waals surface area (Å²) >= 11 is 0. The first kappa shape index (κ1) is 20.7. The molecule has 0 aromatic heterocycles. The maximum atomic E-state index is 12.3. The number of benzene rings is 1. The second kappa shape index (κ2) is 9.94. The van der Waals surface area contributed by atoms with Crippen LogP contribution in [-0.4, -0.2) is 36.6 Å². The number of hydrogen-bond donors (Lipinski definition) is 3. The van der Waals surface area contributed by atoms with Gasteiger partial charge < -0.3 is 21.1 Å². The van der Waals surface area contributed by atoms with Crippen LogP contribution in [0.5, 0.6) is 0 Å². The Balaban J connectivity index is 1.86. The van der Waals surface area contributed by atoms with Crippen LogP contribution >= 0.6 is 0 Å². The first-order valence-corrected chi connectivity index (χ1v) is 9.42. The molecule has 0 unspecified atom stereocenters. The van der Waals surface area contributed by atoms with E-state index in [9.17, 15) is 14.4 Å². The summed E-state index contributed by atoms with van der Waals surface area (Å²) in [5.74, 6) is -0.0629. The van der Waals surface area contributed by atoms with Gasteiger partial charge >= 0.3 is 12.0 Å². The molecular formula is C20H29N3O4. The Labute approximate surface area is 160 Å². The third-order valence-corrected chi connectivity index (χ3v) is 5.28. The molecule has 4 N–H and O–H groups in total. The maximum absolute atomic E-state index is 12.3. The standard InChI is InChI=1S/C20H29N3O4/c1-13-7-6-10-16(14(13)2)22-18(24)12-27-19(25)17(23-20(21)26)11-15-8-4-3-5-9-15/h3-5,8-9,13-14,16-17H,6-7,10-12H2,1-2H3,(H,22,24)(H3,21,23,26)/t13-,14+,16-,17-/m0/s1. The monoisotopic (exact) mass is 375 g/mol. The Hall–Kier alpha value is -2.57. The topological polar surface area (TPSA) is 111 Å². The summed E-state index contributed by atoms with van der Waals surface area (Å²) in [4.78, 5) is 35.7. The van der Waals surface area contributed by atoms with Crippen molar-refractivity contribution in [2.24, 2.45) is 17.6 Å². The second-order valence-electron chi connectivity index (χ2n) is 7.30. The molecule has 1 aliphatic carbocycles. The molecule has 27 heavy (non-hydrogen) atoms. The van der Waals surface area contributed by atoms with E-state index in [2.05, 4.69) is 24.5 Å². The van der Waals surface area contributed by atoms with Crippen LogP contribution < -0.4 is 16.4 Å². The second-order valence-corrected chi connectivity index (χ2v) is 7.30. The molecule has 148 valence electrons. The summed E-state index contributed by atoms with van der Waals surface area (Å²) in [6.07, 6.45) is 3.42. The molecule has 1 saturated carbocycles. The smallest absolute Gasteiger partial charge is 0.329 e. The molecule has 0 saturated heterocycles. The van der Waals surface area contributed by atoms with Crippen molar-refractivity contribution >= 4 is 17.9 Å². The number of carbonyl (C=O) groups excluding carboxylic acids is 3. The molecule has 0 bridgehead atoms. The zero-order valence-corrected chi connectivity index (χ0v) is 15.9. The van der Waals surface area contributed by atoms with Gasteiger partial charge in [-0.2, -0.15) is 0 Å². The van der Waals surface area contributed by atoms with Gasteiger partial charge in [-0.1, -0.05) is 57.0 Å². The van der Waals surface area contributed by atoms with Gasteiger partial charge in [0.05, 0.1) is 0 Å². The van der Waals surface area contributed by atoms with Gasteiger partial charge in [0.2, 0.25) is 0 Å². The fourth-order valence-corrected chi connectivity index (χ4v) is 3.49. The van der Waals surface area contributed by atoms with Crippen LogP contribution in [0.2, 0.25) is 0 Å². The number of urea groups is 1. The molecule has 1 aromatic carbocycles. The first-order chi connectivity index (χ1) is 12.9. The van der Waals surface area contributed by atoms with E-state index >= 15 is 0 Å². The fourth-order valence-electron chi connectivity index (χ4n) is 3.49. The van der Waals surface area contributed by atoms with Crippen molar-refractivity contribution in [1.82, 2.24) is 10.6 Å². The Morgan fingerprint density at radius 1 is 1.19 bits per heavy atom. The number of carbonyl (C=O) groups is 3. The summed E-state index contributed by atoms with van der Waals surface area (Å²) in [7, 11) is 0. The van der Waals surface area contributed by atoms with Crippen LogP contribution in [0.1, 0.15) is 38.7 Å². The Morgan fingerprint density at radius 2 is 1.89 bits per heavy atom. The highest BCUT2D eigenvalue weighted by Gasteiger charge is 2.29. The van der Waals surface area contributed by atoms with E-state index in [0.29, 0.717) is 11.8 Å². The highest BCUT2D eigenvalue weighted by molar-refractivity contribution is 5.85. The zero-order chi connectivity index (χ0) is 19.8. The number of hydrogen-bond acceptors (Lipinski definition) is 4. The SMILES string of the molecule is C[C@H]1[C@@H](NC(=O)COC(=O)[C@H](Cc2ccccc2)NC(N)=O)CCC[C@@H]1C. The minimum absolute atomic E-state index is 0.101. The van der Waals surface area contributed by atoms with Crippen molar-refractivity contribution in [3.8, 4) is 0 Å². The summed E-state index contributed by atoms with van der Waals surface area (Å²) in [6.45, 7) is 3.95. The molecule has 4 atom stereocenters. The maximum Gasteiger partial charge on any atom is 0.329 e. The predicted octanol–water partition coefficient (Wildman–Crippen LogP) is 1.75. The van der Waals surface area contributed by atoms with E-state index in [0.717, 1.165) is 18.4 Å². The van der Waals surface area contributed by atoms with Gasteiger partial charge in [-0.05, 0) is 23.8 Å². The lowest BCUT2D eigenvalue weighted by Gasteiger charge is -2.34. The van der Waals surface area contributed by atoms with Crippen LogP contribution in [0.25, 0.3) is 0 Å². The van der Waals surface area contributed by atoms with Crippen LogP contribution in [-0.2, 0) is 20.7 Å². The first-order valence-electron chi connectivity index (χ1n) is 9.42. The molecule has 0 aliphatic heterocycles. The van der Waals surface area contributed by atoms with Crippen LogP contribution in [0.4, 0.5) is 4.79 Å². The number of esters is 1. The average molecular weight is 375 g/mol. The molecule has 0 heterocycles. The molecule has 0 spiro atoms. The van der Waals surface area contributed by atoms with Gasteiger partial charge in [0.1, 0.15) is 6.04 Å². The van der Waals surface area contributed by atoms with Crippen LogP contribution in [0.15, 0.2) is 30.3 Å². The van der Waals surface area contributed by atoms with Crippen LogP contribution in [0.3, 0.4) is 0 Å². The van der Waals surface area contributed by atoms with Crippen molar-refractivity contribution in [3.63, 3.8) is 0 Å². The quantitative estimate of drug-likeness (QED) is 0.631. The molecule has 0 radical (unpaired) electrons. The third kappa shape index (κ3) is 6.58. The lowest BCUT2D eigenvalue weighted by Crippen LogP contribution is -2.48. The van der Waals surface area contributed by atoms with E-state index in [1.807, 2.05) is 30.3 Å². The normalized spacial score (nSPS) is 23.1. The van der Waals surface area contributed by atoms with Gasteiger partial charge in [0.25, 0.3) is 5.91 Å². The number of rotatable bonds is 7. The number of nitrogens with one attached hydrogen (secondary N) is 2. The highest BCUT2D eigenvalue weighted by atomic mass is 16.5. The molecular weight excluding hydrogens is 346 g/mol. The van der Waals surface area contributed by atoms with E-state index in [4.69, 9.17) is 10.5 Å². The Kier molecular flexibility index (Phi) is 7.64. The van der Waals surface area contributed by atoms with E-state index in [1.165, 1.54) is 6.42 Å². The molecule has 2 rings (SSSR count). The van der Waals surface area contributed by atoms with Crippen molar-refractivity contribution in [2.75, 3.05) is 6.61 Å². The van der Waals surface area contributed by atoms with Crippen molar-refractivity contribution in [1.29, 1.82) is 0 Å². The highest BCUT2D eigenvalue weighted by Crippen LogP contribution is 2.29.